The SMILES string of the molecule is COCCOCCOCCn1cnc(Cl)cc1=O. The van der Waals surface area contributed by atoms with Gasteiger partial charge in [-0.15, -0.1) is 0 Å². The molecule has 0 unspecified atom stereocenters. The second-order valence-electron chi connectivity index (χ2n) is 3.46. The molecule has 1 aromatic heterocycles. The molecule has 0 fully saturated rings. The highest BCUT2D eigenvalue weighted by Gasteiger charge is 1.98. The molecule has 102 valence electrons. The predicted molar refractivity (Wildman–Crippen MR) is 67.0 cm³/mol. The van der Waals surface area contributed by atoms with Crippen LogP contribution in [0.1, 0.15) is 0 Å². The summed E-state index contributed by atoms with van der Waals surface area (Å²) in [6.07, 6.45) is 1.41. The normalized spacial score (nSPS) is 10.8. The topological polar surface area (TPSA) is 62.6 Å². The van der Waals surface area contributed by atoms with Gasteiger partial charge in [-0.1, -0.05) is 11.6 Å². The zero-order valence-electron chi connectivity index (χ0n) is 10.3. The number of methoxy groups -OCH3 is 1. The van der Waals surface area contributed by atoms with Crippen LogP contribution >= 0.6 is 11.6 Å². The van der Waals surface area contributed by atoms with E-state index < -0.39 is 0 Å². The predicted octanol–water partition coefficient (Wildman–Crippen LogP) is 0.576. The largest absolute Gasteiger partial charge is 0.382 e. The average molecular weight is 277 g/mol. The monoisotopic (exact) mass is 276 g/mol. The van der Waals surface area contributed by atoms with Gasteiger partial charge in [0.05, 0.1) is 45.9 Å². The smallest absolute Gasteiger partial charge is 0.254 e. The van der Waals surface area contributed by atoms with Gasteiger partial charge in [-0.05, 0) is 0 Å². The summed E-state index contributed by atoms with van der Waals surface area (Å²) in [6, 6.07) is 1.27. The molecule has 0 aromatic carbocycles. The standard InChI is InChI=1S/C11H17ClN2O4/c1-16-4-5-18-7-6-17-3-2-14-9-13-10(12)8-11(14)15/h8-9H,2-7H2,1H3. The lowest BCUT2D eigenvalue weighted by atomic mass is 10.6. The first-order chi connectivity index (χ1) is 8.74. The minimum absolute atomic E-state index is 0.185. The van der Waals surface area contributed by atoms with E-state index in [4.69, 9.17) is 25.8 Å². The van der Waals surface area contributed by atoms with Crippen molar-refractivity contribution < 1.29 is 14.2 Å². The maximum absolute atomic E-state index is 11.4. The Labute approximate surface area is 110 Å². The Kier molecular flexibility index (Phi) is 7.59. The van der Waals surface area contributed by atoms with Crippen LogP contribution in [0.5, 0.6) is 0 Å². The molecule has 0 bridgehead atoms. The van der Waals surface area contributed by atoms with Crippen molar-refractivity contribution >= 4 is 11.6 Å². The van der Waals surface area contributed by atoms with Crippen LogP contribution in [-0.4, -0.2) is 49.7 Å². The maximum Gasteiger partial charge on any atom is 0.254 e. The molecular weight excluding hydrogens is 260 g/mol. The summed E-state index contributed by atoms with van der Waals surface area (Å²) < 4.78 is 16.8. The lowest BCUT2D eigenvalue weighted by Gasteiger charge is -2.07. The summed E-state index contributed by atoms with van der Waals surface area (Å²) >= 11 is 5.58. The molecular formula is C11H17ClN2O4. The number of ether oxygens (including phenoxy) is 3. The van der Waals surface area contributed by atoms with Gasteiger partial charge in [-0.3, -0.25) is 9.36 Å². The molecule has 0 N–H and O–H groups in total. The highest BCUT2D eigenvalue weighted by molar-refractivity contribution is 6.29. The molecule has 1 rings (SSSR count). The molecule has 0 aliphatic carbocycles. The van der Waals surface area contributed by atoms with Crippen molar-refractivity contribution in [3.05, 3.63) is 27.9 Å². The van der Waals surface area contributed by atoms with Gasteiger partial charge < -0.3 is 14.2 Å². The lowest BCUT2D eigenvalue weighted by Crippen LogP contribution is -2.22. The number of nitrogens with zero attached hydrogens (tertiary/aromatic N) is 2. The molecule has 0 radical (unpaired) electrons. The summed E-state index contributed by atoms with van der Waals surface area (Å²) in [5.74, 6) is 0. The van der Waals surface area contributed by atoms with Crippen LogP contribution in [0.3, 0.4) is 0 Å². The molecule has 1 heterocycles. The molecule has 0 atom stereocenters. The first kappa shape index (κ1) is 15.1. The van der Waals surface area contributed by atoms with Crippen molar-refractivity contribution in [1.82, 2.24) is 9.55 Å². The summed E-state index contributed by atoms with van der Waals surface area (Å²) in [4.78, 5) is 15.2. The Morgan fingerprint density at radius 3 is 2.56 bits per heavy atom. The lowest BCUT2D eigenvalue weighted by molar-refractivity contribution is 0.0228. The molecule has 0 saturated carbocycles. The Morgan fingerprint density at radius 2 is 1.89 bits per heavy atom. The van der Waals surface area contributed by atoms with E-state index in [2.05, 4.69) is 4.98 Å². The van der Waals surface area contributed by atoms with Crippen molar-refractivity contribution in [3.8, 4) is 0 Å². The van der Waals surface area contributed by atoms with Crippen LogP contribution in [0, 0.1) is 0 Å². The zero-order valence-corrected chi connectivity index (χ0v) is 11.1. The van der Waals surface area contributed by atoms with E-state index in [1.165, 1.54) is 17.0 Å². The van der Waals surface area contributed by atoms with Crippen LogP contribution in [-0.2, 0) is 20.8 Å². The summed E-state index contributed by atoms with van der Waals surface area (Å²) in [5, 5.41) is 0.198. The van der Waals surface area contributed by atoms with E-state index in [1.54, 1.807) is 7.11 Å². The third-order valence-electron chi connectivity index (χ3n) is 2.13. The van der Waals surface area contributed by atoms with Gasteiger partial charge in [0.1, 0.15) is 5.15 Å². The third-order valence-corrected chi connectivity index (χ3v) is 2.33. The summed E-state index contributed by atoms with van der Waals surface area (Å²) in [5.41, 5.74) is -0.185. The molecule has 0 aliphatic heterocycles. The quantitative estimate of drug-likeness (QED) is 0.488. The first-order valence-electron chi connectivity index (χ1n) is 5.60. The maximum atomic E-state index is 11.4. The highest BCUT2D eigenvalue weighted by Crippen LogP contribution is 1.96. The Hall–Kier alpha value is -0.950. The van der Waals surface area contributed by atoms with Crippen molar-refractivity contribution in [2.24, 2.45) is 0 Å². The number of hydrogen-bond donors (Lipinski definition) is 0. The minimum atomic E-state index is -0.185. The molecule has 0 saturated heterocycles. The van der Waals surface area contributed by atoms with Crippen molar-refractivity contribution in [3.63, 3.8) is 0 Å². The number of hydrogen-bond acceptors (Lipinski definition) is 5. The molecule has 18 heavy (non-hydrogen) atoms. The molecule has 0 amide bonds. The second kappa shape index (κ2) is 9.04. The fraction of sp³-hybridized carbons (Fsp3) is 0.636. The van der Waals surface area contributed by atoms with E-state index in [-0.39, 0.29) is 10.7 Å². The van der Waals surface area contributed by atoms with Crippen molar-refractivity contribution in [2.45, 2.75) is 6.54 Å². The van der Waals surface area contributed by atoms with E-state index >= 15 is 0 Å². The van der Waals surface area contributed by atoms with Crippen LogP contribution < -0.4 is 5.56 Å². The summed E-state index contributed by atoms with van der Waals surface area (Å²) in [7, 11) is 1.62. The molecule has 1 aromatic rings. The Morgan fingerprint density at radius 1 is 1.22 bits per heavy atom. The molecule has 0 aliphatic rings. The van der Waals surface area contributed by atoms with E-state index in [9.17, 15) is 4.79 Å². The van der Waals surface area contributed by atoms with Gasteiger partial charge in [0.2, 0.25) is 0 Å². The van der Waals surface area contributed by atoms with Gasteiger partial charge in [0.25, 0.3) is 5.56 Å². The van der Waals surface area contributed by atoms with Gasteiger partial charge in [-0.25, -0.2) is 4.98 Å². The van der Waals surface area contributed by atoms with Crippen LogP contribution in [0.4, 0.5) is 0 Å². The second-order valence-corrected chi connectivity index (χ2v) is 3.85. The van der Waals surface area contributed by atoms with E-state index in [0.29, 0.717) is 39.6 Å². The zero-order chi connectivity index (χ0) is 13.2. The average Bonchev–Trinajstić information content (AvgIpc) is 2.35. The minimum Gasteiger partial charge on any atom is -0.382 e. The van der Waals surface area contributed by atoms with Crippen LogP contribution in [0.25, 0.3) is 0 Å². The van der Waals surface area contributed by atoms with Gasteiger partial charge in [0.15, 0.2) is 0 Å². The summed E-state index contributed by atoms with van der Waals surface area (Å²) in [6.45, 7) is 3.00. The van der Waals surface area contributed by atoms with Crippen molar-refractivity contribution in [2.75, 3.05) is 40.1 Å². The molecule has 7 heteroatoms. The number of halogens is 1. The third kappa shape index (κ3) is 6.11. The number of rotatable bonds is 9. The Balaban J connectivity index is 2.09. The van der Waals surface area contributed by atoms with Gasteiger partial charge in [-0.2, -0.15) is 0 Å². The number of aromatic nitrogens is 2. The Bertz CT molecular complexity index is 397. The van der Waals surface area contributed by atoms with E-state index in [1.807, 2.05) is 0 Å². The fourth-order valence-corrected chi connectivity index (χ4v) is 1.34. The first-order valence-corrected chi connectivity index (χ1v) is 5.98. The van der Waals surface area contributed by atoms with Crippen LogP contribution in [0.2, 0.25) is 5.15 Å². The molecule has 0 spiro atoms. The highest BCUT2D eigenvalue weighted by atomic mass is 35.5. The van der Waals surface area contributed by atoms with E-state index in [0.717, 1.165) is 0 Å². The van der Waals surface area contributed by atoms with Gasteiger partial charge >= 0.3 is 0 Å². The molecule has 6 nitrogen and oxygen atoms in total. The van der Waals surface area contributed by atoms with Crippen molar-refractivity contribution in [1.29, 1.82) is 0 Å². The van der Waals surface area contributed by atoms with Crippen LogP contribution in [0.15, 0.2) is 17.2 Å². The van der Waals surface area contributed by atoms with Gasteiger partial charge in [0, 0.05) is 13.2 Å². The fourth-order valence-electron chi connectivity index (χ4n) is 1.20.